The molecule has 3 aliphatic rings. The first kappa shape index (κ1) is 24.5. The molecule has 2 aromatic heterocycles. The number of aryl methyl sites for hydroxylation is 2. The summed E-state index contributed by atoms with van der Waals surface area (Å²) in [6, 6.07) is 10.6. The molecule has 2 atom stereocenters. The van der Waals surface area contributed by atoms with Gasteiger partial charge in [0.05, 0.1) is 24.7 Å². The topological polar surface area (TPSA) is 69.0 Å². The normalized spacial score (nSPS) is 22.6. The fourth-order valence-electron chi connectivity index (χ4n) is 6.57. The third kappa shape index (κ3) is 4.03. The van der Waals surface area contributed by atoms with E-state index in [9.17, 15) is 4.79 Å². The summed E-state index contributed by atoms with van der Waals surface area (Å²) in [6.07, 6.45) is 6.87. The second-order valence-electron chi connectivity index (χ2n) is 10.6. The number of esters is 1. The van der Waals surface area contributed by atoms with Crippen LogP contribution < -0.4 is 5.32 Å². The van der Waals surface area contributed by atoms with Gasteiger partial charge in [-0.25, -0.2) is 18.7 Å². The number of hydrogen-bond donors (Lipinski definition) is 1. The first-order chi connectivity index (χ1) is 18.4. The van der Waals surface area contributed by atoms with Crippen LogP contribution in [-0.4, -0.2) is 33.7 Å². The number of carbonyl (C=O) groups excluding carboxylic acids is 1. The third-order valence-corrected chi connectivity index (χ3v) is 8.37. The van der Waals surface area contributed by atoms with Crippen LogP contribution in [0.25, 0.3) is 28.0 Å². The van der Waals surface area contributed by atoms with Crippen molar-refractivity contribution in [2.45, 2.75) is 45.6 Å². The number of ether oxygens (including phenoxy) is 1. The van der Waals surface area contributed by atoms with Gasteiger partial charge in [-0.15, -0.1) is 0 Å². The molecular formula is C30H30F2N4O2. The number of anilines is 1. The highest BCUT2D eigenvalue weighted by Gasteiger charge is 2.48. The lowest BCUT2D eigenvalue weighted by Crippen LogP contribution is -2.52. The number of fused-ring (bicyclic) bond motifs is 4. The van der Waals surface area contributed by atoms with Gasteiger partial charge >= 0.3 is 5.97 Å². The lowest BCUT2D eigenvalue weighted by molar-refractivity contribution is -0.152. The van der Waals surface area contributed by atoms with E-state index in [1.54, 1.807) is 6.07 Å². The van der Waals surface area contributed by atoms with Gasteiger partial charge in [0.1, 0.15) is 5.82 Å². The molecule has 7 rings (SSSR count). The summed E-state index contributed by atoms with van der Waals surface area (Å²) in [7, 11) is 1.40. The number of methoxy groups -OCH3 is 1. The molecule has 6 nitrogen and oxygen atoms in total. The summed E-state index contributed by atoms with van der Waals surface area (Å²) in [4.78, 5) is 21.5. The molecule has 3 aliphatic carbocycles. The van der Waals surface area contributed by atoms with E-state index in [1.165, 1.54) is 13.2 Å². The Bertz CT molecular complexity index is 1540. The summed E-state index contributed by atoms with van der Waals surface area (Å²) in [5.74, 6) is -0.787. The van der Waals surface area contributed by atoms with E-state index < -0.39 is 5.82 Å². The van der Waals surface area contributed by atoms with Crippen molar-refractivity contribution < 1.29 is 18.3 Å². The van der Waals surface area contributed by atoms with Crippen molar-refractivity contribution in [1.29, 1.82) is 0 Å². The molecule has 0 aliphatic heterocycles. The molecular weight excluding hydrogens is 486 g/mol. The fraction of sp³-hybridized carbons (Fsp3) is 0.367. The molecule has 196 valence electrons. The van der Waals surface area contributed by atoms with Gasteiger partial charge in [0.15, 0.2) is 17.5 Å². The Kier molecular flexibility index (Phi) is 6.13. The van der Waals surface area contributed by atoms with Gasteiger partial charge in [-0.1, -0.05) is 29.8 Å². The number of nitrogens with zero attached hydrogens (tertiary/aromatic N) is 3. The third-order valence-electron chi connectivity index (χ3n) is 8.37. The fourth-order valence-corrected chi connectivity index (χ4v) is 6.57. The Morgan fingerprint density at radius 2 is 1.82 bits per heavy atom. The van der Waals surface area contributed by atoms with Crippen LogP contribution in [0.2, 0.25) is 0 Å². The summed E-state index contributed by atoms with van der Waals surface area (Å²) in [5, 5.41) is 3.89. The van der Waals surface area contributed by atoms with E-state index in [4.69, 9.17) is 4.74 Å². The van der Waals surface area contributed by atoms with E-state index in [2.05, 4.69) is 15.3 Å². The van der Waals surface area contributed by atoms with E-state index >= 15 is 8.78 Å². The number of rotatable bonds is 5. The molecule has 4 aromatic rings. The first-order valence-corrected chi connectivity index (χ1v) is 13.1. The summed E-state index contributed by atoms with van der Waals surface area (Å²) in [5.41, 5.74) is 3.96. The molecule has 1 N–H and O–H groups in total. The lowest BCUT2D eigenvalue weighted by atomic mass is 9.61. The van der Waals surface area contributed by atoms with Gasteiger partial charge in [-0.05, 0) is 69.1 Å². The predicted octanol–water partition coefficient (Wildman–Crippen LogP) is 6.37. The zero-order chi connectivity index (χ0) is 26.6. The Morgan fingerprint density at radius 1 is 1.05 bits per heavy atom. The van der Waals surface area contributed by atoms with Gasteiger partial charge in [0.25, 0.3) is 0 Å². The Hall–Kier alpha value is -3.81. The van der Waals surface area contributed by atoms with Crippen LogP contribution in [0.3, 0.4) is 0 Å². The highest BCUT2D eigenvalue weighted by molar-refractivity contribution is 5.96. The van der Waals surface area contributed by atoms with Crippen molar-refractivity contribution >= 4 is 22.7 Å². The van der Waals surface area contributed by atoms with E-state index in [0.29, 0.717) is 16.5 Å². The monoisotopic (exact) mass is 516 g/mol. The zero-order valence-electron chi connectivity index (χ0n) is 21.7. The first-order valence-electron chi connectivity index (χ1n) is 13.1. The molecule has 0 amide bonds. The average molecular weight is 517 g/mol. The van der Waals surface area contributed by atoms with Crippen molar-refractivity contribution in [2.75, 3.05) is 12.4 Å². The molecule has 3 fully saturated rings. The number of hydrogen-bond acceptors (Lipinski definition) is 5. The molecule has 0 unspecified atom stereocenters. The van der Waals surface area contributed by atoms with E-state index in [-0.39, 0.29) is 47.2 Å². The van der Waals surface area contributed by atoms with E-state index in [0.717, 1.165) is 48.7 Å². The predicted molar refractivity (Wildman–Crippen MR) is 142 cm³/mol. The number of carbonyl (C=O) groups is 1. The van der Waals surface area contributed by atoms with Crippen molar-refractivity contribution in [3.05, 3.63) is 71.6 Å². The average Bonchev–Trinajstić information content (AvgIpc) is 3.31. The molecule has 0 radical (unpaired) electrons. The number of nitrogens with one attached hydrogen (secondary N) is 1. The van der Waals surface area contributed by atoms with Crippen molar-refractivity contribution in [2.24, 2.45) is 17.8 Å². The van der Waals surface area contributed by atoms with Crippen LogP contribution in [-0.2, 0) is 9.53 Å². The van der Waals surface area contributed by atoms with Crippen molar-refractivity contribution in [1.82, 2.24) is 14.5 Å². The van der Waals surface area contributed by atoms with Gasteiger partial charge in [-0.2, -0.15) is 0 Å². The maximum Gasteiger partial charge on any atom is 0.311 e. The molecule has 2 aromatic carbocycles. The second kappa shape index (κ2) is 9.49. The molecule has 2 bridgehead atoms. The number of aromatic nitrogens is 3. The SMILES string of the molecule is COC(=O)[C@H]1C2CCC(CC2)[C@@H]1Nc1nc(-c2cn(-c3ccc(C)cc3C)c3c(F)cccc23)ncc1F. The summed E-state index contributed by atoms with van der Waals surface area (Å²) < 4.78 is 37.2. The zero-order valence-corrected chi connectivity index (χ0v) is 21.7. The Balaban J connectivity index is 1.44. The largest absolute Gasteiger partial charge is 0.469 e. The number of para-hydroxylation sites is 1. The van der Waals surface area contributed by atoms with Crippen LogP contribution in [0, 0.1) is 43.2 Å². The summed E-state index contributed by atoms with van der Waals surface area (Å²) >= 11 is 0. The standard InChI is InChI=1S/C30H30F2N4O2/c1-16-7-12-24(17(2)13-16)36-15-21(20-5-4-6-22(31)27(20)36)28-33-14-23(32)29(35-28)34-26-19-10-8-18(9-11-19)25(26)30(37)38-3/h4-7,12-15,18-19,25-26H,8-11H2,1-3H3,(H,33,34,35)/t18?,19?,25-,26-/m0/s1. The second-order valence-corrected chi connectivity index (χ2v) is 10.6. The maximum atomic E-state index is 15.2. The van der Waals surface area contributed by atoms with Crippen molar-refractivity contribution in [3.8, 4) is 17.1 Å². The molecule has 38 heavy (non-hydrogen) atoms. The number of halogens is 2. The quantitative estimate of drug-likeness (QED) is 0.312. The van der Waals surface area contributed by atoms with Gasteiger partial charge in [0, 0.05) is 28.9 Å². The highest BCUT2D eigenvalue weighted by Crippen LogP contribution is 2.47. The van der Waals surface area contributed by atoms with Crippen molar-refractivity contribution in [3.63, 3.8) is 0 Å². The van der Waals surface area contributed by atoms with Gasteiger partial charge in [0.2, 0.25) is 0 Å². The molecule has 0 spiro atoms. The molecule has 8 heteroatoms. The molecule has 0 saturated heterocycles. The smallest absolute Gasteiger partial charge is 0.311 e. The molecule has 3 saturated carbocycles. The minimum atomic E-state index is -0.594. The van der Waals surface area contributed by atoms with Crippen LogP contribution in [0.1, 0.15) is 36.8 Å². The van der Waals surface area contributed by atoms with E-state index in [1.807, 2.05) is 48.9 Å². The van der Waals surface area contributed by atoms with Crippen LogP contribution in [0.15, 0.2) is 48.8 Å². The van der Waals surface area contributed by atoms with Crippen LogP contribution >= 0.6 is 0 Å². The Morgan fingerprint density at radius 3 is 2.55 bits per heavy atom. The Labute approximate surface area is 220 Å². The molecule has 2 heterocycles. The van der Waals surface area contributed by atoms with Gasteiger partial charge < -0.3 is 14.6 Å². The van der Waals surface area contributed by atoms with Crippen LogP contribution in [0.4, 0.5) is 14.6 Å². The highest BCUT2D eigenvalue weighted by atomic mass is 19.1. The number of benzene rings is 2. The minimum Gasteiger partial charge on any atom is -0.469 e. The van der Waals surface area contributed by atoms with Gasteiger partial charge in [-0.3, -0.25) is 4.79 Å². The lowest BCUT2D eigenvalue weighted by Gasteiger charge is -2.47. The van der Waals surface area contributed by atoms with Crippen LogP contribution in [0.5, 0.6) is 0 Å². The minimum absolute atomic E-state index is 0.0465. The summed E-state index contributed by atoms with van der Waals surface area (Å²) in [6.45, 7) is 4.00. The maximum absolute atomic E-state index is 15.2.